The summed E-state index contributed by atoms with van der Waals surface area (Å²) >= 11 is 0. The number of hydrogen-bond acceptors (Lipinski definition) is 3. The van der Waals surface area contributed by atoms with Gasteiger partial charge in [-0.25, -0.2) is 0 Å². The SMILES string of the molecule is COCCNCCN1C[C@H](C)C[C@@H](C)C1. The topological polar surface area (TPSA) is 24.5 Å². The van der Waals surface area contributed by atoms with E-state index < -0.39 is 0 Å². The fourth-order valence-corrected chi connectivity index (χ4v) is 2.51. The molecule has 0 aromatic heterocycles. The summed E-state index contributed by atoms with van der Waals surface area (Å²) in [6.45, 7) is 11.3. The molecule has 0 unspecified atom stereocenters. The van der Waals surface area contributed by atoms with Crippen LogP contribution in [0.3, 0.4) is 0 Å². The van der Waals surface area contributed by atoms with Crippen LogP contribution >= 0.6 is 0 Å². The number of piperidine rings is 1. The van der Waals surface area contributed by atoms with Crippen molar-refractivity contribution in [3.8, 4) is 0 Å². The van der Waals surface area contributed by atoms with Gasteiger partial charge in [-0.2, -0.15) is 0 Å². The van der Waals surface area contributed by atoms with Gasteiger partial charge in [0.1, 0.15) is 0 Å². The van der Waals surface area contributed by atoms with Crippen molar-refractivity contribution in [3.63, 3.8) is 0 Å². The molecule has 3 nitrogen and oxygen atoms in total. The lowest BCUT2D eigenvalue weighted by Gasteiger charge is -2.34. The monoisotopic (exact) mass is 214 g/mol. The normalized spacial score (nSPS) is 28.2. The van der Waals surface area contributed by atoms with E-state index in [4.69, 9.17) is 4.74 Å². The zero-order valence-corrected chi connectivity index (χ0v) is 10.5. The molecule has 1 rings (SSSR count). The van der Waals surface area contributed by atoms with Gasteiger partial charge in [0, 0.05) is 39.8 Å². The maximum atomic E-state index is 4.99. The average Bonchev–Trinajstić information content (AvgIpc) is 2.16. The molecule has 90 valence electrons. The summed E-state index contributed by atoms with van der Waals surface area (Å²) in [4.78, 5) is 2.58. The molecular weight excluding hydrogens is 188 g/mol. The van der Waals surface area contributed by atoms with Crippen molar-refractivity contribution < 1.29 is 4.74 Å². The third-order valence-electron chi connectivity index (χ3n) is 3.03. The predicted octanol–water partition coefficient (Wildman–Crippen LogP) is 1.20. The van der Waals surface area contributed by atoms with Gasteiger partial charge in [0.15, 0.2) is 0 Å². The predicted molar refractivity (Wildman–Crippen MR) is 64.1 cm³/mol. The Hall–Kier alpha value is -0.120. The molecule has 1 aliphatic heterocycles. The van der Waals surface area contributed by atoms with Crippen LogP contribution in [0.15, 0.2) is 0 Å². The highest BCUT2D eigenvalue weighted by Crippen LogP contribution is 2.20. The van der Waals surface area contributed by atoms with Crippen molar-refractivity contribution in [2.24, 2.45) is 11.8 Å². The number of rotatable bonds is 6. The molecule has 0 amide bonds. The number of methoxy groups -OCH3 is 1. The van der Waals surface area contributed by atoms with Crippen molar-refractivity contribution in [1.29, 1.82) is 0 Å². The molecule has 1 fully saturated rings. The summed E-state index contributed by atoms with van der Waals surface area (Å²) in [6, 6.07) is 0. The van der Waals surface area contributed by atoms with Crippen LogP contribution in [0.25, 0.3) is 0 Å². The molecule has 15 heavy (non-hydrogen) atoms. The van der Waals surface area contributed by atoms with E-state index in [-0.39, 0.29) is 0 Å². The van der Waals surface area contributed by atoms with E-state index in [1.807, 2.05) is 0 Å². The summed E-state index contributed by atoms with van der Waals surface area (Å²) < 4.78 is 4.99. The molecule has 0 radical (unpaired) electrons. The maximum Gasteiger partial charge on any atom is 0.0587 e. The summed E-state index contributed by atoms with van der Waals surface area (Å²) in [5.41, 5.74) is 0. The van der Waals surface area contributed by atoms with Gasteiger partial charge < -0.3 is 15.0 Å². The molecule has 2 atom stereocenters. The minimum absolute atomic E-state index is 0.812. The molecule has 1 saturated heterocycles. The lowest BCUT2D eigenvalue weighted by atomic mass is 9.92. The quantitative estimate of drug-likeness (QED) is 0.672. The van der Waals surface area contributed by atoms with E-state index in [1.165, 1.54) is 26.1 Å². The van der Waals surface area contributed by atoms with Crippen LogP contribution in [0.4, 0.5) is 0 Å². The highest BCUT2D eigenvalue weighted by molar-refractivity contribution is 4.74. The molecule has 0 spiro atoms. The van der Waals surface area contributed by atoms with Gasteiger partial charge in [-0.05, 0) is 18.3 Å². The Morgan fingerprint density at radius 1 is 1.20 bits per heavy atom. The third kappa shape index (κ3) is 5.50. The number of hydrogen-bond donors (Lipinski definition) is 1. The van der Waals surface area contributed by atoms with E-state index in [0.717, 1.165) is 31.5 Å². The van der Waals surface area contributed by atoms with Crippen molar-refractivity contribution >= 4 is 0 Å². The van der Waals surface area contributed by atoms with Crippen molar-refractivity contribution in [3.05, 3.63) is 0 Å². The first kappa shape index (κ1) is 12.9. The summed E-state index contributed by atoms with van der Waals surface area (Å²) in [6.07, 6.45) is 1.40. The number of ether oxygens (including phenoxy) is 1. The lowest BCUT2D eigenvalue weighted by molar-refractivity contribution is 0.140. The van der Waals surface area contributed by atoms with Crippen molar-refractivity contribution in [2.75, 3.05) is 46.4 Å². The van der Waals surface area contributed by atoms with E-state index in [2.05, 4.69) is 24.1 Å². The van der Waals surface area contributed by atoms with Crippen LogP contribution in [0.1, 0.15) is 20.3 Å². The first-order chi connectivity index (χ1) is 7.22. The Bertz CT molecular complexity index is 154. The van der Waals surface area contributed by atoms with Crippen molar-refractivity contribution in [2.45, 2.75) is 20.3 Å². The molecule has 0 aromatic carbocycles. The smallest absolute Gasteiger partial charge is 0.0587 e. The number of nitrogens with zero attached hydrogens (tertiary/aromatic N) is 1. The van der Waals surface area contributed by atoms with E-state index >= 15 is 0 Å². The van der Waals surface area contributed by atoms with Gasteiger partial charge >= 0.3 is 0 Å². The lowest BCUT2D eigenvalue weighted by Crippen LogP contribution is -2.42. The molecule has 3 heteroatoms. The van der Waals surface area contributed by atoms with Gasteiger partial charge in [0.2, 0.25) is 0 Å². The Balaban J connectivity index is 2.04. The highest BCUT2D eigenvalue weighted by Gasteiger charge is 2.20. The van der Waals surface area contributed by atoms with Gasteiger partial charge in [-0.15, -0.1) is 0 Å². The molecule has 1 N–H and O–H groups in total. The van der Waals surface area contributed by atoms with Crippen LogP contribution in [0.2, 0.25) is 0 Å². The molecule has 1 heterocycles. The zero-order chi connectivity index (χ0) is 11.1. The van der Waals surface area contributed by atoms with Gasteiger partial charge in [-0.3, -0.25) is 0 Å². The molecule has 0 aliphatic carbocycles. The van der Waals surface area contributed by atoms with Crippen molar-refractivity contribution in [1.82, 2.24) is 10.2 Å². The van der Waals surface area contributed by atoms with Crippen LogP contribution in [0, 0.1) is 11.8 Å². The highest BCUT2D eigenvalue weighted by atomic mass is 16.5. The standard InChI is InChI=1S/C12H26N2O/c1-11-8-12(2)10-14(9-11)6-4-13-5-7-15-3/h11-13H,4-10H2,1-3H3/t11-,12-/m1/s1. The molecular formula is C12H26N2O. The zero-order valence-electron chi connectivity index (χ0n) is 10.5. The first-order valence-corrected chi connectivity index (χ1v) is 6.14. The summed E-state index contributed by atoms with van der Waals surface area (Å²) in [7, 11) is 1.75. The third-order valence-corrected chi connectivity index (χ3v) is 3.03. The molecule has 1 aliphatic rings. The van der Waals surface area contributed by atoms with Gasteiger partial charge in [-0.1, -0.05) is 13.8 Å². The van der Waals surface area contributed by atoms with Crippen LogP contribution in [-0.2, 0) is 4.74 Å². The Kier molecular flexibility index (Phi) is 6.22. The summed E-state index contributed by atoms with van der Waals surface area (Å²) in [5.74, 6) is 1.74. The second-order valence-electron chi connectivity index (χ2n) is 4.95. The van der Waals surface area contributed by atoms with E-state index in [9.17, 15) is 0 Å². The van der Waals surface area contributed by atoms with Crippen LogP contribution in [0.5, 0.6) is 0 Å². The molecule has 0 aromatic rings. The fourth-order valence-electron chi connectivity index (χ4n) is 2.51. The van der Waals surface area contributed by atoms with Crippen LogP contribution in [-0.4, -0.2) is 51.3 Å². The minimum atomic E-state index is 0.812. The van der Waals surface area contributed by atoms with Gasteiger partial charge in [0.25, 0.3) is 0 Å². The Labute approximate surface area is 94.2 Å². The second-order valence-corrected chi connectivity index (χ2v) is 4.95. The number of nitrogens with one attached hydrogen (secondary N) is 1. The summed E-state index contributed by atoms with van der Waals surface area (Å²) in [5, 5.41) is 3.40. The Morgan fingerprint density at radius 2 is 1.87 bits per heavy atom. The van der Waals surface area contributed by atoms with Crippen LogP contribution < -0.4 is 5.32 Å². The minimum Gasteiger partial charge on any atom is -0.383 e. The fraction of sp³-hybridized carbons (Fsp3) is 1.00. The average molecular weight is 214 g/mol. The van der Waals surface area contributed by atoms with Gasteiger partial charge in [0.05, 0.1) is 6.61 Å². The molecule has 0 bridgehead atoms. The second kappa shape index (κ2) is 7.20. The molecule has 0 saturated carbocycles. The maximum absolute atomic E-state index is 4.99. The number of likely N-dealkylation sites (tertiary alicyclic amines) is 1. The van der Waals surface area contributed by atoms with E-state index in [1.54, 1.807) is 7.11 Å². The van der Waals surface area contributed by atoms with E-state index in [0.29, 0.717) is 0 Å². The first-order valence-electron chi connectivity index (χ1n) is 6.14. The Morgan fingerprint density at radius 3 is 2.47 bits per heavy atom. The largest absolute Gasteiger partial charge is 0.383 e.